The Hall–Kier alpha value is -1.98. The van der Waals surface area contributed by atoms with Gasteiger partial charge in [0.2, 0.25) is 0 Å². The van der Waals surface area contributed by atoms with Crippen molar-refractivity contribution >= 4 is 6.09 Å². The van der Waals surface area contributed by atoms with Crippen molar-refractivity contribution in [3.05, 3.63) is 42.6 Å². The van der Waals surface area contributed by atoms with Gasteiger partial charge in [-0.2, -0.15) is 13.2 Å². The van der Waals surface area contributed by atoms with E-state index in [2.05, 4.69) is 16.6 Å². The van der Waals surface area contributed by atoms with Crippen LogP contribution < -0.4 is 10.1 Å². The Kier molecular flexibility index (Phi) is 3.55. The molecule has 16 heavy (non-hydrogen) atoms. The SMILES string of the molecule is C=CNC(=O)Oc1cccc(C(F)(F)F)c1. The molecule has 1 N–H and O–H groups in total. The Bertz CT molecular complexity index is 401. The fourth-order valence-electron chi connectivity index (χ4n) is 0.956. The molecule has 3 nitrogen and oxygen atoms in total. The lowest BCUT2D eigenvalue weighted by Gasteiger charge is -2.08. The number of carbonyl (C=O) groups is 1. The van der Waals surface area contributed by atoms with Crippen LogP contribution >= 0.6 is 0 Å². The van der Waals surface area contributed by atoms with E-state index in [9.17, 15) is 18.0 Å². The molecule has 86 valence electrons. The molecule has 0 aliphatic carbocycles. The summed E-state index contributed by atoms with van der Waals surface area (Å²) < 4.78 is 41.4. The van der Waals surface area contributed by atoms with Gasteiger partial charge in [-0.1, -0.05) is 12.6 Å². The Labute approximate surface area is 89.5 Å². The fourth-order valence-corrected chi connectivity index (χ4v) is 0.956. The Morgan fingerprint density at radius 2 is 2.12 bits per heavy atom. The first kappa shape index (κ1) is 12.1. The van der Waals surface area contributed by atoms with Crippen LogP contribution in [-0.4, -0.2) is 6.09 Å². The van der Waals surface area contributed by atoms with Crippen molar-refractivity contribution in [2.45, 2.75) is 6.18 Å². The molecule has 0 atom stereocenters. The normalized spacial score (nSPS) is 10.7. The van der Waals surface area contributed by atoms with Crippen LogP contribution in [0.25, 0.3) is 0 Å². The van der Waals surface area contributed by atoms with Crippen LogP contribution in [0.4, 0.5) is 18.0 Å². The third kappa shape index (κ3) is 3.30. The van der Waals surface area contributed by atoms with Crippen molar-refractivity contribution in [3.63, 3.8) is 0 Å². The lowest BCUT2D eigenvalue weighted by atomic mass is 10.2. The van der Waals surface area contributed by atoms with Gasteiger partial charge in [0.05, 0.1) is 5.56 Å². The van der Waals surface area contributed by atoms with Crippen LogP contribution in [0.2, 0.25) is 0 Å². The van der Waals surface area contributed by atoms with Crippen LogP contribution in [0, 0.1) is 0 Å². The number of nitrogens with one attached hydrogen (secondary N) is 1. The second-order valence-corrected chi connectivity index (χ2v) is 2.76. The van der Waals surface area contributed by atoms with E-state index in [0.717, 1.165) is 24.4 Å². The van der Waals surface area contributed by atoms with Crippen LogP contribution in [0.5, 0.6) is 5.75 Å². The van der Waals surface area contributed by atoms with Crippen LogP contribution in [0.1, 0.15) is 5.56 Å². The summed E-state index contributed by atoms with van der Waals surface area (Å²) in [4.78, 5) is 10.9. The van der Waals surface area contributed by atoms with Crippen molar-refractivity contribution in [1.82, 2.24) is 5.32 Å². The molecule has 0 radical (unpaired) electrons. The molecular weight excluding hydrogens is 223 g/mol. The number of ether oxygens (including phenoxy) is 1. The molecule has 0 saturated carbocycles. The number of halogens is 3. The molecule has 1 amide bonds. The third-order valence-corrected chi connectivity index (χ3v) is 1.59. The number of rotatable bonds is 2. The van der Waals surface area contributed by atoms with Crippen molar-refractivity contribution in [2.24, 2.45) is 0 Å². The molecule has 0 unspecified atom stereocenters. The van der Waals surface area contributed by atoms with Gasteiger partial charge in [-0.25, -0.2) is 4.79 Å². The first-order valence-electron chi connectivity index (χ1n) is 4.20. The van der Waals surface area contributed by atoms with E-state index in [1.54, 1.807) is 0 Å². The molecule has 0 aliphatic rings. The quantitative estimate of drug-likeness (QED) is 0.849. The van der Waals surface area contributed by atoms with Crippen molar-refractivity contribution in [3.8, 4) is 5.75 Å². The van der Waals surface area contributed by atoms with Gasteiger partial charge < -0.3 is 4.74 Å². The molecule has 0 saturated heterocycles. The van der Waals surface area contributed by atoms with Gasteiger partial charge in [-0.05, 0) is 24.4 Å². The minimum Gasteiger partial charge on any atom is -0.410 e. The number of alkyl halides is 3. The molecule has 0 heterocycles. The number of hydrogen-bond acceptors (Lipinski definition) is 2. The van der Waals surface area contributed by atoms with Gasteiger partial charge in [0.1, 0.15) is 5.75 Å². The third-order valence-electron chi connectivity index (χ3n) is 1.59. The van der Waals surface area contributed by atoms with E-state index in [1.807, 2.05) is 0 Å². The van der Waals surface area contributed by atoms with Gasteiger partial charge in [0.25, 0.3) is 0 Å². The summed E-state index contributed by atoms with van der Waals surface area (Å²) in [7, 11) is 0. The molecule has 0 aliphatic heterocycles. The van der Waals surface area contributed by atoms with E-state index in [-0.39, 0.29) is 5.75 Å². The largest absolute Gasteiger partial charge is 0.416 e. The highest BCUT2D eigenvalue weighted by Gasteiger charge is 2.30. The first-order valence-corrected chi connectivity index (χ1v) is 4.20. The number of carbonyl (C=O) groups excluding carboxylic acids is 1. The maximum atomic E-state index is 12.3. The van der Waals surface area contributed by atoms with Gasteiger partial charge in [0.15, 0.2) is 0 Å². The summed E-state index contributed by atoms with van der Waals surface area (Å²) in [5.41, 5.74) is -0.878. The fraction of sp³-hybridized carbons (Fsp3) is 0.100. The maximum Gasteiger partial charge on any atom is 0.416 e. The van der Waals surface area contributed by atoms with E-state index < -0.39 is 17.8 Å². The summed E-state index contributed by atoms with van der Waals surface area (Å²) in [6.07, 6.45) is -4.29. The average molecular weight is 231 g/mol. The predicted molar refractivity (Wildman–Crippen MR) is 50.8 cm³/mol. The van der Waals surface area contributed by atoms with Gasteiger partial charge in [-0.3, -0.25) is 5.32 Å². The van der Waals surface area contributed by atoms with E-state index in [4.69, 9.17) is 0 Å². The van der Waals surface area contributed by atoms with Crippen molar-refractivity contribution in [1.29, 1.82) is 0 Å². The highest BCUT2D eigenvalue weighted by atomic mass is 19.4. The maximum absolute atomic E-state index is 12.3. The summed E-state index contributed by atoms with van der Waals surface area (Å²) in [6.45, 7) is 3.21. The highest BCUT2D eigenvalue weighted by molar-refractivity contribution is 5.71. The molecule has 0 fully saturated rings. The molecule has 0 spiro atoms. The minimum absolute atomic E-state index is 0.186. The standard InChI is InChI=1S/C10H8F3NO2/c1-2-14-9(15)16-8-5-3-4-7(6-8)10(11,12)13/h2-6H,1H2,(H,14,15). The first-order chi connectivity index (χ1) is 7.43. The van der Waals surface area contributed by atoms with E-state index in [1.165, 1.54) is 6.07 Å². The van der Waals surface area contributed by atoms with E-state index in [0.29, 0.717) is 0 Å². The predicted octanol–water partition coefficient (Wildman–Crippen LogP) is 2.94. The minimum atomic E-state index is -4.46. The zero-order valence-corrected chi connectivity index (χ0v) is 8.04. The molecule has 1 rings (SSSR count). The van der Waals surface area contributed by atoms with E-state index >= 15 is 0 Å². The number of benzene rings is 1. The number of hydrogen-bond donors (Lipinski definition) is 1. The molecule has 1 aromatic carbocycles. The highest BCUT2D eigenvalue weighted by Crippen LogP contribution is 2.31. The molecular formula is C10H8F3NO2. The van der Waals surface area contributed by atoms with Crippen LogP contribution in [0.15, 0.2) is 37.0 Å². The zero-order chi connectivity index (χ0) is 12.2. The van der Waals surface area contributed by atoms with Gasteiger partial charge >= 0.3 is 12.3 Å². The molecule has 0 bridgehead atoms. The second kappa shape index (κ2) is 4.69. The average Bonchev–Trinajstić information content (AvgIpc) is 2.17. The van der Waals surface area contributed by atoms with Crippen LogP contribution in [0.3, 0.4) is 0 Å². The molecule has 6 heteroatoms. The Balaban J connectivity index is 2.83. The number of amides is 1. The topological polar surface area (TPSA) is 38.3 Å². The summed E-state index contributed by atoms with van der Waals surface area (Å²) in [6, 6.07) is 4.03. The second-order valence-electron chi connectivity index (χ2n) is 2.76. The van der Waals surface area contributed by atoms with Crippen molar-refractivity contribution in [2.75, 3.05) is 0 Å². The molecule has 0 aromatic heterocycles. The molecule has 1 aromatic rings. The van der Waals surface area contributed by atoms with Gasteiger partial charge in [-0.15, -0.1) is 0 Å². The lowest BCUT2D eigenvalue weighted by molar-refractivity contribution is -0.137. The monoisotopic (exact) mass is 231 g/mol. The lowest BCUT2D eigenvalue weighted by Crippen LogP contribution is -2.21. The van der Waals surface area contributed by atoms with Crippen LogP contribution in [-0.2, 0) is 6.18 Å². The summed E-state index contributed by atoms with van der Waals surface area (Å²) in [5.74, 6) is -0.186. The van der Waals surface area contributed by atoms with Crippen molar-refractivity contribution < 1.29 is 22.7 Å². The van der Waals surface area contributed by atoms with Gasteiger partial charge in [0, 0.05) is 0 Å². The zero-order valence-electron chi connectivity index (χ0n) is 8.04. The smallest absolute Gasteiger partial charge is 0.410 e. The Morgan fingerprint density at radius 1 is 1.44 bits per heavy atom. The Morgan fingerprint density at radius 3 is 2.69 bits per heavy atom. The summed E-state index contributed by atoms with van der Waals surface area (Å²) >= 11 is 0. The summed E-state index contributed by atoms with van der Waals surface area (Å²) in [5, 5.41) is 2.07.